The SMILES string of the molecule is CCCC(C)(C)NC(=O)C1CCN(C(=O)c2ccc(C(F)(F)F)cc2)CC1. The monoisotopic (exact) mass is 384 g/mol. The van der Waals surface area contributed by atoms with Gasteiger partial charge in [-0.3, -0.25) is 9.59 Å². The fourth-order valence-electron chi connectivity index (χ4n) is 3.45. The largest absolute Gasteiger partial charge is 0.416 e. The van der Waals surface area contributed by atoms with Gasteiger partial charge in [0.05, 0.1) is 5.56 Å². The molecule has 0 aromatic heterocycles. The van der Waals surface area contributed by atoms with E-state index in [0.717, 1.165) is 25.0 Å². The third-order valence-electron chi connectivity index (χ3n) is 4.95. The van der Waals surface area contributed by atoms with E-state index < -0.39 is 11.7 Å². The van der Waals surface area contributed by atoms with Gasteiger partial charge in [-0.2, -0.15) is 13.2 Å². The molecule has 1 saturated heterocycles. The van der Waals surface area contributed by atoms with E-state index in [1.807, 2.05) is 13.8 Å². The molecule has 1 aromatic rings. The van der Waals surface area contributed by atoms with Crippen LogP contribution in [0.2, 0.25) is 0 Å². The first kappa shape index (κ1) is 21.3. The van der Waals surface area contributed by atoms with Crippen molar-refractivity contribution in [2.45, 2.75) is 58.2 Å². The molecule has 1 N–H and O–H groups in total. The molecule has 1 aliphatic heterocycles. The summed E-state index contributed by atoms with van der Waals surface area (Å²) in [6, 6.07) is 4.25. The summed E-state index contributed by atoms with van der Waals surface area (Å²) in [5.41, 5.74) is -0.793. The van der Waals surface area contributed by atoms with Crippen molar-refractivity contribution in [2.75, 3.05) is 13.1 Å². The van der Waals surface area contributed by atoms with Crippen LogP contribution >= 0.6 is 0 Å². The first-order valence-corrected chi connectivity index (χ1v) is 9.32. The lowest BCUT2D eigenvalue weighted by molar-refractivity contribution is -0.137. The third kappa shape index (κ3) is 5.71. The first-order valence-electron chi connectivity index (χ1n) is 9.32. The number of hydrogen-bond acceptors (Lipinski definition) is 2. The van der Waals surface area contributed by atoms with Gasteiger partial charge in [-0.05, 0) is 57.4 Å². The fraction of sp³-hybridized carbons (Fsp3) is 0.600. The normalized spacial score (nSPS) is 16.3. The molecule has 4 nitrogen and oxygen atoms in total. The molecule has 0 saturated carbocycles. The number of halogens is 3. The van der Waals surface area contributed by atoms with E-state index in [2.05, 4.69) is 12.2 Å². The van der Waals surface area contributed by atoms with Crippen molar-refractivity contribution >= 4 is 11.8 Å². The summed E-state index contributed by atoms with van der Waals surface area (Å²) in [6.45, 7) is 6.91. The molecule has 0 unspecified atom stereocenters. The lowest BCUT2D eigenvalue weighted by Crippen LogP contribution is -2.49. The average Bonchev–Trinajstić information content (AvgIpc) is 2.60. The molecule has 2 rings (SSSR count). The van der Waals surface area contributed by atoms with Gasteiger partial charge in [0.15, 0.2) is 0 Å². The summed E-state index contributed by atoms with van der Waals surface area (Å²) >= 11 is 0. The van der Waals surface area contributed by atoms with Gasteiger partial charge in [0.25, 0.3) is 5.91 Å². The Morgan fingerprint density at radius 3 is 2.15 bits per heavy atom. The minimum atomic E-state index is -4.42. The molecule has 0 atom stereocenters. The van der Waals surface area contributed by atoms with Crippen LogP contribution in [-0.2, 0) is 11.0 Å². The Morgan fingerprint density at radius 2 is 1.67 bits per heavy atom. The molecular formula is C20H27F3N2O2. The number of carbonyl (C=O) groups is 2. The summed E-state index contributed by atoms with van der Waals surface area (Å²) in [6.07, 6.45) is -1.43. The number of rotatable bonds is 5. The predicted octanol–water partition coefficient (Wildman–Crippen LogP) is 4.25. The second-order valence-electron chi connectivity index (χ2n) is 7.76. The zero-order valence-corrected chi connectivity index (χ0v) is 16.0. The maximum absolute atomic E-state index is 12.6. The number of nitrogens with one attached hydrogen (secondary N) is 1. The van der Waals surface area contributed by atoms with E-state index in [-0.39, 0.29) is 28.8 Å². The highest BCUT2D eigenvalue weighted by atomic mass is 19.4. The fourth-order valence-corrected chi connectivity index (χ4v) is 3.45. The van der Waals surface area contributed by atoms with Crippen LogP contribution < -0.4 is 5.32 Å². The summed E-state index contributed by atoms with van der Waals surface area (Å²) in [5, 5.41) is 3.07. The highest BCUT2D eigenvalue weighted by Gasteiger charge is 2.32. The lowest BCUT2D eigenvalue weighted by atomic mass is 9.92. The van der Waals surface area contributed by atoms with Gasteiger partial charge in [0.2, 0.25) is 5.91 Å². The Balaban J connectivity index is 1.91. The van der Waals surface area contributed by atoms with E-state index in [4.69, 9.17) is 0 Å². The molecule has 2 amide bonds. The van der Waals surface area contributed by atoms with E-state index in [1.165, 1.54) is 12.1 Å². The second kappa shape index (κ2) is 8.31. The number of amides is 2. The molecule has 0 aliphatic carbocycles. The van der Waals surface area contributed by atoms with Crippen molar-refractivity contribution in [3.63, 3.8) is 0 Å². The highest BCUT2D eigenvalue weighted by Crippen LogP contribution is 2.29. The molecule has 7 heteroatoms. The number of alkyl halides is 3. The first-order chi connectivity index (χ1) is 12.5. The van der Waals surface area contributed by atoms with Crippen LogP contribution in [0.5, 0.6) is 0 Å². The van der Waals surface area contributed by atoms with E-state index in [1.54, 1.807) is 4.90 Å². The zero-order valence-electron chi connectivity index (χ0n) is 16.0. The number of hydrogen-bond donors (Lipinski definition) is 1. The van der Waals surface area contributed by atoms with Crippen molar-refractivity contribution in [1.82, 2.24) is 10.2 Å². The zero-order chi connectivity index (χ0) is 20.2. The predicted molar refractivity (Wildman–Crippen MR) is 97.2 cm³/mol. The van der Waals surface area contributed by atoms with Gasteiger partial charge in [-0.1, -0.05) is 13.3 Å². The number of piperidine rings is 1. The van der Waals surface area contributed by atoms with Crippen molar-refractivity contribution in [3.8, 4) is 0 Å². The standard InChI is InChI=1S/C20H27F3N2O2/c1-4-11-19(2,3)24-17(26)14-9-12-25(13-10-14)18(27)15-5-7-16(8-6-15)20(21,22)23/h5-8,14H,4,9-13H2,1-3H3,(H,24,26). The second-order valence-corrected chi connectivity index (χ2v) is 7.76. The molecule has 150 valence electrons. The van der Waals surface area contributed by atoms with Gasteiger partial charge in [-0.15, -0.1) is 0 Å². The molecular weight excluding hydrogens is 357 g/mol. The van der Waals surface area contributed by atoms with Gasteiger partial charge in [0.1, 0.15) is 0 Å². The molecule has 1 aromatic carbocycles. The van der Waals surface area contributed by atoms with Gasteiger partial charge >= 0.3 is 6.18 Å². The minimum Gasteiger partial charge on any atom is -0.351 e. The van der Waals surface area contributed by atoms with E-state index in [9.17, 15) is 22.8 Å². The number of likely N-dealkylation sites (tertiary alicyclic amines) is 1. The lowest BCUT2D eigenvalue weighted by Gasteiger charge is -2.34. The maximum Gasteiger partial charge on any atom is 0.416 e. The topological polar surface area (TPSA) is 49.4 Å². The molecule has 1 heterocycles. The highest BCUT2D eigenvalue weighted by molar-refractivity contribution is 5.94. The molecule has 0 bridgehead atoms. The van der Waals surface area contributed by atoms with Crippen molar-refractivity contribution in [2.24, 2.45) is 5.92 Å². The molecule has 0 radical (unpaired) electrons. The summed E-state index contributed by atoms with van der Waals surface area (Å²) in [5.74, 6) is -0.429. The Hall–Kier alpha value is -2.05. The Labute approximate surface area is 158 Å². The Bertz CT molecular complexity index is 661. The average molecular weight is 384 g/mol. The van der Waals surface area contributed by atoms with Gasteiger partial charge in [-0.25, -0.2) is 0 Å². The smallest absolute Gasteiger partial charge is 0.351 e. The van der Waals surface area contributed by atoms with Crippen LogP contribution in [0, 0.1) is 5.92 Å². The van der Waals surface area contributed by atoms with E-state index in [0.29, 0.717) is 25.9 Å². The maximum atomic E-state index is 12.6. The third-order valence-corrected chi connectivity index (χ3v) is 4.95. The molecule has 27 heavy (non-hydrogen) atoms. The van der Waals surface area contributed by atoms with Gasteiger partial charge in [0, 0.05) is 30.1 Å². The number of carbonyl (C=O) groups excluding carboxylic acids is 2. The van der Waals surface area contributed by atoms with Crippen LogP contribution in [-0.4, -0.2) is 35.3 Å². The summed E-state index contributed by atoms with van der Waals surface area (Å²) in [7, 11) is 0. The summed E-state index contributed by atoms with van der Waals surface area (Å²) < 4.78 is 37.9. The van der Waals surface area contributed by atoms with Crippen molar-refractivity contribution < 1.29 is 22.8 Å². The number of benzene rings is 1. The summed E-state index contributed by atoms with van der Waals surface area (Å²) in [4.78, 5) is 26.5. The number of nitrogens with zero attached hydrogens (tertiary/aromatic N) is 1. The molecule has 0 spiro atoms. The van der Waals surface area contributed by atoms with Crippen molar-refractivity contribution in [1.29, 1.82) is 0 Å². The minimum absolute atomic E-state index is 0.00933. The van der Waals surface area contributed by atoms with E-state index >= 15 is 0 Å². The van der Waals surface area contributed by atoms with Crippen LogP contribution in [0.4, 0.5) is 13.2 Å². The van der Waals surface area contributed by atoms with Crippen LogP contribution in [0.1, 0.15) is 62.4 Å². The van der Waals surface area contributed by atoms with Gasteiger partial charge < -0.3 is 10.2 Å². The van der Waals surface area contributed by atoms with Crippen molar-refractivity contribution in [3.05, 3.63) is 35.4 Å². The van der Waals surface area contributed by atoms with Crippen LogP contribution in [0.25, 0.3) is 0 Å². The Morgan fingerprint density at radius 1 is 1.11 bits per heavy atom. The van der Waals surface area contributed by atoms with Crippen LogP contribution in [0.15, 0.2) is 24.3 Å². The molecule has 1 aliphatic rings. The Kier molecular flexibility index (Phi) is 6.54. The molecule has 1 fully saturated rings. The van der Waals surface area contributed by atoms with Crippen LogP contribution in [0.3, 0.4) is 0 Å². The quantitative estimate of drug-likeness (QED) is 0.825.